The first-order valence-corrected chi connectivity index (χ1v) is 10.7. The zero-order valence-electron chi connectivity index (χ0n) is 18.1. The molecule has 7 nitrogen and oxygen atoms in total. The van der Waals surface area contributed by atoms with Crippen LogP contribution in [0.3, 0.4) is 0 Å². The van der Waals surface area contributed by atoms with Gasteiger partial charge in [-0.05, 0) is 57.9 Å². The molecule has 0 saturated carbocycles. The summed E-state index contributed by atoms with van der Waals surface area (Å²) in [5, 5.41) is 23.4. The van der Waals surface area contributed by atoms with Crippen molar-refractivity contribution in [3.63, 3.8) is 0 Å². The van der Waals surface area contributed by atoms with E-state index >= 15 is 0 Å². The second-order valence-corrected chi connectivity index (χ2v) is 7.92. The molecule has 2 rings (SSSR count). The molecule has 1 fully saturated rings. The van der Waals surface area contributed by atoms with Crippen molar-refractivity contribution in [3.8, 4) is 11.5 Å². The number of hydrogen-bond acceptors (Lipinski definition) is 7. The predicted octanol–water partition coefficient (Wildman–Crippen LogP) is 1.80. The fourth-order valence-corrected chi connectivity index (χ4v) is 3.34. The van der Waals surface area contributed by atoms with Crippen LogP contribution in [0.1, 0.15) is 38.7 Å². The van der Waals surface area contributed by atoms with Gasteiger partial charge in [-0.2, -0.15) is 0 Å². The first-order chi connectivity index (χ1) is 14.0. The van der Waals surface area contributed by atoms with Crippen molar-refractivity contribution in [1.82, 2.24) is 10.2 Å². The second-order valence-electron chi connectivity index (χ2n) is 7.92. The summed E-state index contributed by atoms with van der Waals surface area (Å²) in [5.41, 5.74) is 1.00. The molecule has 1 aliphatic heterocycles. The lowest BCUT2D eigenvalue weighted by Gasteiger charge is -2.31. The highest BCUT2D eigenvalue weighted by atomic mass is 16.5. The Morgan fingerprint density at radius 1 is 1.24 bits per heavy atom. The molecule has 1 heterocycles. The van der Waals surface area contributed by atoms with E-state index in [4.69, 9.17) is 14.2 Å². The van der Waals surface area contributed by atoms with E-state index in [0.29, 0.717) is 13.1 Å². The lowest BCUT2D eigenvalue weighted by atomic mass is 10.1. The van der Waals surface area contributed by atoms with E-state index in [1.165, 1.54) is 0 Å². The fourth-order valence-electron chi connectivity index (χ4n) is 3.34. The number of aliphatic hydroxyl groups excluding tert-OH is 2. The van der Waals surface area contributed by atoms with Crippen molar-refractivity contribution in [2.24, 2.45) is 0 Å². The van der Waals surface area contributed by atoms with Crippen molar-refractivity contribution in [2.45, 2.75) is 58.0 Å². The van der Waals surface area contributed by atoms with E-state index in [1.54, 1.807) is 7.11 Å². The van der Waals surface area contributed by atoms with E-state index in [9.17, 15) is 10.2 Å². The van der Waals surface area contributed by atoms with Gasteiger partial charge in [0.2, 0.25) is 0 Å². The third kappa shape index (κ3) is 9.31. The molecule has 0 unspecified atom stereocenters. The van der Waals surface area contributed by atoms with E-state index in [-0.39, 0.29) is 18.8 Å². The number of benzene rings is 1. The summed E-state index contributed by atoms with van der Waals surface area (Å²) in [7, 11) is 1.65. The summed E-state index contributed by atoms with van der Waals surface area (Å²) in [6.45, 7) is 8.76. The smallest absolute Gasteiger partial charge is 0.124 e. The summed E-state index contributed by atoms with van der Waals surface area (Å²) >= 11 is 0. The number of nitrogens with zero attached hydrogens (tertiary/aromatic N) is 1. The number of likely N-dealkylation sites (tertiary alicyclic amines) is 1. The van der Waals surface area contributed by atoms with E-state index < -0.39 is 6.10 Å². The number of piperidine rings is 1. The van der Waals surface area contributed by atoms with Crippen LogP contribution in [-0.2, 0) is 11.3 Å². The number of β-amino-alcohol motifs (C(OH)–C–C–N with tert-alkyl or cyclic N) is 1. The highest BCUT2D eigenvalue weighted by molar-refractivity contribution is 5.40. The molecule has 0 aliphatic carbocycles. The number of methoxy groups -OCH3 is 1. The van der Waals surface area contributed by atoms with Crippen LogP contribution in [-0.4, -0.2) is 79.9 Å². The fraction of sp³-hybridized carbons (Fsp3) is 0.727. The molecule has 29 heavy (non-hydrogen) atoms. The van der Waals surface area contributed by atoms with Gasteiger partial charge in [0, 0.05) is 38.3 Å². The molecule has 1 saturated heterocycles. The third-order valence-corrected chi connectivity index (χ3v) is 4.99. The van der Waals surface area contributed by atoms with Crippen molar-refractivity contribution < 1.29 is 24.4 Å². The van der Waals surface area contributed by atoms with Crippen molar-refractivity contribution in [3.05, 3.63) is 23.8 Å². The summed E-state index contributed by atoms with van der Waals surface area (Å²) in [5.74, 6) is 1.54. The zero-order chi connectivity index (χ0) is 21.1. The topological polar surface area (TPSA) is 83.4 Å². The Bertz CT molecular complexity index is 576. The maximum Gasteiger partial charge on any atom is 0.124 e. The van der Waals surface area contributed by atoms with Crippen LogP contribution < -0.4 is 14.8 Å². The lowest BCUT2D eigenvalue weighted by molar-refractivity contribution is 0.0336. The maximum atomic E-state index is 10.4. The molecule has 1 atom stereocenters. The van der Waals surface area contributed by atoms with Crippen molar-refractivity contribution >= 4 is 0 Å². The number of ether oxygens (including phenoxy) is 3. The Balaban J connectivity index is 1.79. The first kappa shape index (κ1) is 23.9. The van der Waals surface area contributed by atoms with Crippen LogP contribution >= 0.6 is 0 Å². The molecular formula is C22H38N2O5. The number of aliphatic hydroxyl groups is 2. The van der Waals surface area contributed by atoms with Crippen LogP contribution in [0.15, 0.2) is 18.2 Å². The minimum absolute atomic E-state index is 0.203. The van der Waals surface area contributed by atoms with Gasteiger partial charge in [-0.15, -0.1) is 0 Å². The van der Waals surface area contributed by atoms with Crippen LogP contribution in [0.2, 0.25) is 0 Å². The Kier molecular flexibility index (Phi) is 10.7. The van der Waals surface area contributed by atoms with Gasteiger partial charge in [-0.1, -0.05) is 0 Å². The van der Waals surface area contributed by atoms with Gasteiger partial charge in [0.1, 0.15) is 24.2 Å². The minimum Gasteiger partial charge on any atom is -0.497 e. The monoisotopic (exact) mass is 410 g/mol. The molecule has 1 aromatic carbocycles. The van der Waals surface area contributed by atoms with Crippen LogP contribution in [0.4, 0.5) is 0 Å². The van der Waals surface area contributed by atoms with Crippen molar-refractivity contribution in [2.75, 3.05) is 46.5 Å². The van der Waals surface area contributed by atoms with Gasteiger partial charge in [0.25, 0.3) is 0 Å². The van der Waals surface area contributed by atoms with Crippen LogP contribution in [0, 0.1) is 0 Å². The Morgan fingerprint density at radius 3 is 2.69 bits per heavy atom. The lowest BCUT2D eigenvalue weighted by Crippen LogP contribution is -2.41. The Morgan fingerprint density at radius 2 is 2.00 bits per heavy atom. The standard InChI is InChI=1S/C22H38N2O5/c1-17(2)28-12-4-9-23-14-18-13-21(27-3)5-6-22(18)29-16-20(26)15-24-10-7-19(25)8-11-24/h5-6,13,17,19-20,23,25-26H,4,7-12,14-16H2,1-3H3/t20-/m1/s1. The molecule has 7 heteroatoms. The van der Waals surface area contributed by atoms with Gasteiger partial charge in [0.15, 0.2) is 0 Å². The highest BCUT2D eigenvalue weighted by Crippen LogP contribution is 2.24. The molecule has 0 spiro atoms. The normalized spacial score (nSPS) is 16.9. The van der Waals surface area contributed by atoms with Gasteiger partial charge >= 0.3 is 0 Å². The molecule has 0 radical (unpaired) electrons. The SMILES string of the molecule is COc1ccc(OC[C@H](O)CN2CCC(O)CC2)c(CNCCCOC(C)C)c1. The average Bonchev–Trinajstić information content (AvgIpc) is 2.71. The number of rotatable bonds is 13. The van der Waals surface area contributed by atoms with E-state index in [2.05, 4.69) is 10.2 Å². The third-order valence-electron chi connectivity index (χ3n) is 4.99. The van der Waals surface area contributed by atoms with E-state index in [1.807, 2.05) is 32.0 Å². The summed E-state index contributed by atoms with van der Waals surface area (Å²) < 4.78 is 16.8. The van der Waals surface area contributed by atoms with Gasteiger partial charge in [0.05, 0.1) is 19.3 Å². The summed E-state index contributed by atoms with van der Waals surface area (Å²) in [6, 6.07) is 5.72. The Hall–Kier alpha value is -1.38. The maximum absolute atomic E-state index is 10.4. The predicted molar refractivity (Wildman–Crippen MR) is 114 cm³/mol. The summed E-state index contributed by atoms with van der Waals surface area (Å²) in [4.78, 5) is 2.18. The molecule has 0 aromatic heterocycles. The second kappa shape index (κ2) is 13.0. The van der Waals surface area contributed by atoms with Gasteiger partial charge in [-0.25, -0.2) is 0 Å². The molecule has 166 valence electrons. The van der Waals surface area contributed by atoms with E-state index in [0.717, 1.165) is 62.6 Å². The molecule has 1 aliphatic rings. The Labute approximate surface area is 175 Å². The molecular weight excluding hydrogens is 372 g/mol. The quantitative estimate of drug-likeness (QED) is 0.428. The molecule has 1 aromatic rings. The van der Waals surface area contributed by atoms with Crippen molar-refractivity contribution in [1.29, 1.82) is 0 Å². The highest BCUT2D eigenvalue weighted by Gasteiger charge is 2.19. The zero-order valence-corrected chi connectivity index (χ0v) is 18.1. The largest absolute Gasteiger partial charge is 0.497 e. The minimum atomic E-state index is -0.568. The van der Waals surface area contributed by atoms with Crippen LogP contribution in [0.25, 0.3) is 0 Å². The van der Waals surface area contributed by atoms with Gasteiger partial charge < -0.3 is 34.6 Å². The first-order valence-electron chi connectivity index (χ1n) is 10.7. The molecule has 3 N–H and O–H groups in total. The molecule has 0 bridgehead atoms. The van der Waals surface area contributed by atoms with Crippen LogP contribution in [0.5, 0.6) is 11.5 Å². The summed E-state index contributed by atoms with van der Waals surface area (Å²) in [6.07, 6.45) is 1.97. The average molecular weight is 411 g/mol. The molecule has 0 amide bonds. The van der Waals surface area contributed by atoms with Gasteiger partial charge in [-0.3, -0.25) is 0 Å². The number of nitrogens with one attached hydrogen (secondary N) is 1. The number of hydrogen-bond donors (Lipinski definition) is 3.